The number of nitrogens with one attached hydrogen (secondary N) is 1. The molecule has 2 aliphatic rings. The predicted molar refractivity (Wildman–Crippen MR) is 110 cm³/mol. The molecule has 2 fully saturated rings. The molecule has 0 saturated carbocycles. The van der Waals surface area contributed by atoms with E-state index >= 15 is 0 Å². The van der Waals surface area contributed by atoms with Gasteiger partial charge in [-0.05, 0) is 69.3 Å². The lowest BCUT2D eigenvalue weighted by atomic mass is 10.0. The number of aromatic amines is 1. The first-order valence-electron chi connectivity index (χ1n) is 10.1. The van der Waals surface area contributed by atoms with Gasteiger partial charge in [0.05, 0.1) is 5.69 Å². The molecule has 0 radical (unpaired) electrons. The minimum absolute atomic E-state index is 0.0417. The second-order valence-corrected chi connectivity index (χ2v) is 8.24. The molecule has 2 aliphatic heterocycles. The summed E-state index contributed by atoms with van der Waals surface area (Å²) in [4.78, 5) is 24.1. The molecule has 3 heterocycles. The van der Waals surface area contributed by atoms with E-state index < -0.39 is 0 Å². The van der Waals surface area contributed by atoms with Gasteiger partial charge >= 0.3 is 0 Å². The number of nitrogens with zero attached hydrogens (tertiary/aromatic N) is 3. The second-order valence-electron chi connectivity index (χ2n) is 8.24. The quantitative estimate of drug-likeness (QED) is 0.902. The molecule has 27 heavy (non-hydrogen) atoms. The third kappa shape index (κ3) is 3.93. The van der Waals surface area contributed by atoms with Gasteiger partial charge in [0.25, 0.3) is 5.56 Å². The minimum Gasteiger partial charge on any atom is -0.371 e. The third-order valence-corrected chi connectivity index (χ3v) is 6.07. The Labute approximate surface area is 161 Å². The monoisotopic (exact) mass is 366 g/mol. The summed E-state index contributed by atoms with van der Waals surface area (Å²) in [5.74, 6) is 1.07. The van der Waals surface area contributed by atoms with Gasteiger partial charge in [0.2, 0.25) is 0 Å². The van der Waals surface area contributed by atoms with Crippen LogP contribution in [0.5, 0.6) is 0 Å². The van der Waals surface area contributed by atoms with E-state index in [1.807, 2.05) is 6.92 Å². The molecule has 0 aliphatic carbocycles. The summed E-state index contributed by atoms with van der Waals surface area (Å²) >= 11 is 0. The van der Waals surface area contributed by atoms with E-state index in [2.05, 4.69) is 45.7 Å². The maximum Gasteiger partial charge on any atom is 0.251 e. The first kappa shape index (κ1) is 18.2. The first-order chi connectivity index (χ1) is 13.0. The molecule has 1 aromatic heterocycles. The van der Waals surface area contributed by atoms with Crippen LogP contribution in [0, 0.1) is 20.8 Å². The molecule has 0 bridgehead atoms. The lowest BCUT2D eigenvalue weighted by Gasteiger charge is -2.24. The Bertz CT molecular complexity index is 882. The Morgan fingerprint density at radius 1 is 1.07 bits per heavy atom. The SMILES string of the molecule is Cc1nc([C@@H]2CCN(Cc3cc(C)c(N4CCCC4)cc3C)C2)cc(=O)[nH]1. The van der Waals surface area contributed by atoms with Crippen molar-refractivity contribution in [3.05, 3.63) is 56.8 Å². The molecule has 5 nitrogen and oxygen atoms in total. The Balaban J connectivity index is 1.47. The van der Waals surface area contributed by atoms with Crippen molar-refractivity contribution in [2.24, 2.45) is 0 Å². The van der Waals surface area contributed by atoms with Crippen LogP contribution in [0.1, 0.15) is 53.4 Å². The molecular formula is C22H30N4O. The molecule has 0 spiro atoms. The van der Waals surface area contributed by atoms with Crippen molar-refractivity contribution in [3.8, 4) is 0 Å². The summed E-state index contributed by atoms with van der Waals surface area (Å²) in [6.07, 6.45) is 3.69. The summed E-state index contributed by atoms with van der Waals surface area (Å²) in [6.45, 7) is 11.7. The number of hydrogen-bond donors (Lipinski definition) is 1. The van der Waals surface area contributed by atoms with Crippen molar-refractivity contribution in [3.63, 3.8) is 0 Å². The molecule has 1 aromatic carbocycles. The highest BCUT2D eigenvalue weighted by molar-refractivity contribution is 5.57. The molecule has 2 saturated heterocycles. The molecule has 5 heteroatoms. The van der Waals surface area contributed by atoms with Gasteiger partial charge < -0.3 is 9.88 Å². The van der Waals surface area contributed by atoms with Gasteiger partial charge in [-0.25, -0.2) is 4.98 Å². The van der Waals surface area contributed by atoms with Crippen molar-refractivity contribution in [2.75, 3.05) is 31.1 Å². The fourth-order valence-corrected chi connectivity index (χ4v) is 4.60. The van der Waals surface area contributed by atoms with E-state index in [1.54, 1.807) is 6.07 Å². The van der Waals surface area contributed by atoms with Gasteiger partial charge in [0.15, 0.2) is 0 Å². The van der Waals surface area contributed by atoms with Crippen LogP contribution >= 0.6 is 0 Å². The lowest BCUT2D eigenvalue weighted by Crippen LogP contribution is -2.22. The summed E-state index contributed by atoms with van der Waals surface area (Å²) in [5, 5.41) is 0. The lowest BCUT2D eigenvalue weighted by molar-refractivity contribution is 0.325. The molecule has 144 valence electrons. The molecule has 0 unspecified atom stereocenters. The standard InChI is InChI=1S/C22H30N4O/c1-15-11-21(26-7-4-5-8-26)16(2)10-19(15)14-25-9-6-18(13-25)20-12-22(27)24-17(3)23-20/h10-12,18H,4-9,13-14H2,1-3H3,(H,23,24,27)/t18-/m1/s1. The maximum atomic E-state index is 11.8. The van der Waals surface area contributed by atoms with Crippen molar-refractivity contribution in [1.82, 2.24) is 14.9 Å². The van der Waals surface area contributed by atoms with Crippen LogP contribution in [0.3, 0.4) is 0 Å². The van der Waals surface area contributed by atoms with Crippen LogP contribution in [-0.4, -0.2) is 41.0 Å². The van der Waals surface area contributed by atoms with Gasteiger partial charge in [0, 0.05) is 43.9 Å². The normalized spacial score (nSPS) is 20.6. The largest absolute Gasteiger partial charge is 0.371 e. The van der Waals surface area contributed by atoms with Gasteiger partial charge in [-0.1, -0.05) is 6.07 Å². The van der Waals surface area contributed by atoms with Crippen LogP contribution in [0.25, 0.3) is 0 Å². The van der Waals surface area contributed by atoms with Gasteiger partial charge in [-0.3, -0.25) is 9.69 Å². The van der Waals surface area contributed by atoms with E-state index in [4.69, 9.17) is 0 Å². The number of likely N-dealkylation sites (tertiary alicyclic amines) is 1. The zero-order valence-corrected chi connectivity index (χ0v) is 16.7. The smallest absolute Gasteiger partial charge is 0.251 e. The van der Waals surface area contributed by atoms with E-state index in [-0.39, 0.29) is 5.56 Å². The molecular weight excluding hydrogens is 336 g/mol. The molecule has 2 aromatic rings. The van der Waals surface area contributed by atoms with Crippen molar-refractivity contribution < 1.29 is 0 Å². The number of aromatic nitrogens is 2. The third-order valence-electron chi connectivity index (χ3n) is 6.07. The minimum atomic E-state index is -0.0417. The highest BCUT2D eigenvalue weighted by atomic mass is 16.1. The number of aryl methyl sites for hydroxylation is 3. The van der Waals surface area contributed by atoms with Crippen LogP contribution in [0.2, 0.25) is 0 Å². The van der Waals surface area contributed by atoms with Gasteiger partial charge in [0.1, 0.15) is 5.82 Å². The van der Waals surface area contributed by atoms with E-state index in [1.165, 1.54) is 48.3 Å². The number of H-pyrrole nitrogens is 1. The van der Waals surface area contributed by atoms with Crippen LogP contribution in [0.4, 0.5) is 5.69 Å². The number of benzene rings is 1. The zero-order chi connectivity index (χ0) is 19.0. The van der Waals surface area contributed by atoms with Crippen molar-refractivity contribution >= 4 is 5.69 Å². The Morgan fingerprint density at radius 2 is 1.85 bits per heavy atom. The highest BCUT2D eigenvalue weighted by Gasteiger charge is 2.26. The average molecular weight is 367 g/mol. The van der Waals surface area contributed by atoms with Gasteiger partial charge in [-0.15, -0.1) is 0 Å². The topological polar surface area (TPSA) is 52.2 Å². The fraction of sp³-hybridized carbons (Fsp3) is 0.545. The van der Waals surface area contributed by atoms with Gasteiger partial charge in [-0.2, -0.15) is 0 Å². The van der Waals surface area contributed by atoms with Crippen LogP contribution in [-0.2, 0) is 6.54 Å². The summed E-state index contributed by atoms with van der Waals surface area (Å²) < 4.78 is 0. The fourth-order valence-electron chi connectivity index (χ4n) is 4.60. The molecule has 1 atom stereocenters. The van der Waals surface area contributed by atoms with E-state index in [0.717, 1.165) is 31.7 Å². The van der Waals surface area contributed by atoms with E-state index in [9.17, 15) is 4.79 Å². The predicted octanol–water partition coefficient (Wildman–Crippen LogP) is 3.28. The Kier molecular flexibility index (Phi) is 5.04. The van der Waals surface area contributed by atoms with Crippen molar-refractivity contribution in [2.45, 2.75) is 52.5 Å². The van der Waals surface area contributed by atoms with Crippen LogP contribution in [0.15, 0.2) is 23.0 Å². The Hall–Kier alpha value is -2.14. The van der Waals surface area contributed by atoms with Crippen molar-refractivity contribution in [1.29, 1.82) is 0 Å². The molecule has 1 N–H and O–H groups in total. The summed E-state index contributed by atoms with van der Waals surface area (Å²) in [7, 11) is 0. The average Bonchev–Trinajstić information content (AvgIpc) is 3.29. The Morgan fingerprint density at radius 3 is 2.59 bits per heavy atom. The maximum absolute atomic E-state index is 11.8. The molecule has 0 amide bonds. The first-order valence-corrected chi connectivity index (χ1v) is 10.1. The summed E-state index contributed by atoms with van der Waals surface area (Å²) in [5.41, 5.74) is 6.51. The number of rotatable bonds is 4. The number of anilines is 1. The van der Waals surface area contributed by atoms with Crippen LogP contribution < -0.4 is 10.5 Å². The second kappa shape index (κ2) is 7.47. The van der Waals surface area contributed by atoms with E-state index in [0.29, 0.717) is 11.7 Å². The molecule has 4 rings (SSSR count). The summed E-state index contributed by atoms with van der Waals surface area (Å²) in [6, 6.07) is 6.43. The number of hydrogen-bond acceptors (Lipinski definition) is 4. The zero-order valence-electron chi connectivity index (χ0n) is 16.7. The highest BCUT2D eigenvalue weighted by Crippen LogP contribution is 2.30.